The summed E-state index contributed by atoms with van der Waals surface area (Å²) in [6.45, 7) is 13.6. The standard InChI is InChI=1S/C50H81BrN4O7/c1-10-35(5)46(43(61-8)31-44(58)55-27-19-23-41(55)48(62-9)36(6)42(57)29-34(4)28-37-20-15-14-16-21-37)53(7)50(60)45(33(2)3)52-49(59)47-38-24-25-39(30-38)54(47)26-18-13-11-12-17-22-40(56)32-51/h14-16,20-21,33-36,38-39,41,43,45-48H,10-13,17-19,22-32H2,1-9H3,(H,52,59)/t34-,35+,36+,38+,39+,41+,43-,45+,46+,47+,48-/m1/s1. The molecule has 1 aliphatic carbocycles. The zero-order chi connectivity index (χ0) is 45.5. The van der Waals surface area contributed by atoms with Crippen LogP contribution in [-0.2, 0) is 39.9 Å². The zero-order valence-corrected chi connectivity index (χ0v) is 41.2. The van der Waals surface area contributed by atoms with Gasteiger partial charge in [-0.3, -0.25) is 28.9 Å². The quantitative estimate of drug-likeness (QED) is 0.0662. The molecule has 3 amide bonds. The number of methoxy groups -OCH3 is 2. The number of nitrogens with zero attached hydrogens (tertiary/aromatic N) is 3. The number of nitrogens with one attached hydrogen (secondary N) is 1. The number of benzene rings is 1. The van der Waals surface area contributed by atoms with Gasteiger partial charge in [0.2, 0.25) is 17.7 Å². The predicted molar refractivity (Wildman–Crippen MR) is 250 cm³/mol. The number of fused-ring (bicyclic) bond motifs is 2. The third-order valence-corrected chi connectivity index (χ3v) is 15.2. The Morgan fingerprint density at radius 3 is 2.24 bits per heavy atom. The van der Waals surface area contributed by atoms with Crippen LogP contribution in [0.3, 0.4) is 0 Å². The molecule has 2 saturated heterocycles. The summed E-state index contributed by atoms with van der Waals surface area (Å²) < 4.78 is 12.2. The first-order chi connectivity index (χ1) is 29.7. The van der Waals surface area contributed by atoms with Gasteiger partial charge in [0.05, 0.1) is 42.1 Å². The summed E-state index contributed by atoms with van der Waals surface area (Å²) >= 11 is 3.24. The van der Waals surface area contributed by atoms with Gasteiger partial charge in [-0.1, -0.05) is 113 Å². The van der Waals surface area contributed by atoms with Gasteiger partial charge in [0, 0.05) is 52.6 Å². The van der Waals surface area contributed by atoms with Crippen LogP contribution in [0.5, 0.6) is 0 Å². The Labute approximate surface area is 382 Å². The molecule has 62 heavy (non-hydrogen) atoms. The molecule has 2 bridgehead atoms. The van der Waals surface area contributed by atoms with Crippen molar-refractivity contribution in [3.8, 4) is 0 Å². The number of hydrogen-bond acceptors (Lipinski definition) is 8. The van der Waals surface area contributed by atoms with Gasteiger partial charge in [-0.25, -0.2) is 0 Å². The molecule has 11 atom stereocenters. The Morgan fingerprint density at radius 1 is 0.903 bits per heavy atom. The molecule has 0 spiro atoms. The molecule has 1 N–H and O–H groups in total. The van der Waals surface area contributed by atoms with Crippen LogP contribution < -0.4 is 5.32 Å². The van der Waals surface area contributed by atoms with Crippen LogP contribution in [0.4, 0.5) is 0 Å². The molecular formula is C50H81BrN4O7. The smallest absolute Gasteiger partial charge is 0.245 e. The highest BCUT2D eigenvalue weighted by molar-refractivity contribution is 9.09. The first-order valence-corrected chi connectivity index (χ1v) is 25.1. The third-order valence-electron chi connectivity index (χ3n) is 14.6. The minimum Gasteiger partial charge on any atom is -0.379 e. The highest BCUT2D eigenvalue weighted by Gasteiger charge is 2.50. The van der Waals surface area contributed by atoms with Gasteiger partial charge in [-0.05, 0) is 87.1 Å². The van der Waals surface area contributed by atoms with Crippen molar-refractivity contribution in [1.82, 2.24) is 20.0 Å². The predicted octanol–water partition coefficient (Wildman–Crippen LogP) is 8.04. The molecular weight excluding hydrogens is 848 g/mol. The summed E-state index contributed by atoms with van der Waals surface area (Å²) in [6, 6.07) is 9.03. The minimum absolute atomic E-state index is 0.00720. The summed E-state index contributed by atoms with van der Waals surface area (Å²) in [5.41, 5.74) is 1.21. The lowest BCUT2D eigenvalue weighted by molar-refractivity contribution is -0.148. The van der Waals surface area contributed by atoms with E-state index in [2.05, 4.69) is 59.1 Å². The van der Waals surface area contributed by atoms with Crippen molar-refractivity contribution in [2.24, 2.45) is 29.6 Å². The normalized spacial score (nSPS) is 23.4. The number of unbranched alkanes of at least 4 members (excludes halogenated alkanes) is 4. The third kappa shape index (κ3) is 13.9. The Kier molecular flexibility index (Phi) is 21.6. The maximum Gasteiger partial charge on any atom is 0.245 e. The van der Waals surface area contributed by atoms with Gasteiger partial charge >= 0.3 is 0 Å². The van der Waals surface area contributed by atoms with Gasteiger partial charge in [0.15, 0.2) is 0 Å². The molecule has 3 fully saturated rings. The summed E-state index contributed by atoms with van der Waals surface area (Å²) in [4.78, 5) is 74.6. The van der Waals surface area contributed by atoms with Gasteiger partial charge in [0.1, 0.15) is 17.6 Å². The fourth-order valence-electron chi connectivity index (χ4n) is 10.9. The number of rotatable bonds is 28. The molecule has 0 unspecified atom stereocenters. The second-order valence-electron chi connectivity index (χ2n) is 19.4. The Bertz CT molecular complexity index is 1580. The Hall–Kier alpha value is -2.67. The Morgan fingerprint density at radius 2 is 1.60 bits per heavy atom. The van der Waals surface area contributed by atoms with Gasteiger partial charge in [0.25, 0.3) is 0 Å². The number of alkyl halides is 1. The van der Waals surface area contributed by atoms with E-state index in [4.69, 9.17) is 9.47 Å². The van der Waals surface area contributed by atoms with Crippen LogP contribution >= 0.6 is 15.9 Å². The van der Waals surface area contributed by atoms with Crippen molar-refractivity contribution >= 4 is 45.2 Å². The number of carbonyl (C=O) groups is 5. The van der Waals surface area contributed by atoms with Crippen LogP contribution in [0.25, 0.3) is 0 Å². The van der Waals surface area contributed by atoms with Gasteiger partial charge < -0.3 is 24.6 Å². The first kappa shape index (κ1) is 52.0. The molecule has 0 aromatic heterocycles. The van der Waals surface area contributed by atoms with E-state index in [0.717, 1.165) is 83.6 Å². The maximum atomic E-state index is 14.6. The van der Waals surface area contributed by atoms with Crippen LogP contribution in [0.1, 0.15) is 137 Å². The van der Waals surface area contributed by atoms with E-state index < -0.39 is 24.3 Å². The van der Waals surface area contributed by atoms with Gasteiger partial charge in [-0.15, -0.1) is 0 Å². The Balaban J connectivity index is 1.40. The zero-order valence-electron chi connectivity index (χ0n) is 39.6. The van der Waals surface area contributed by atoms with Crippen molar-refractivity contribution in [2.75, 3.05) is 39.7 Å². The van der Waals surface area contributed by atoms with Crippen LogP contribution in [0, 0.1) is 29.6 Å². The monoisotopic (exact) mass is 929 g/mol. The van der Waals surface area contributed by atoms with E-state index in [1.165, 1.54) is 5.56 Å². The molecule has 1 saturated carbocycles. The molecule has 11 nitrogen and oxygen atoms in total. The molecule has 0 radical (unpaired) electrons. The number of likely N-dealkylation sites (N-methyl/N-ethyl adjacent to an activating group) is 1. The highest BCUT2D eigenvalue weighted by atomic mass is 79.9. The second-order valence-corrected chi connectivity index (χ2v) is 19.9. The summed E-state index contributed by atoms with van der Waals surface area (Å²) in [7, 11) is 5.04. The molecule has 1 aromatic carbocycles. The van der Waals surface area contributed by atoms with E-state index in [0.29, 0.717) is 36.7 Å². The minimum atomic E-state index is -0.727. The summed E-state index contributed by atoms with van der Waals surface area (Å²) in [5.74, 6) is 0.0577. The number of Topliss-reactive ketones (excluding diaryl/α,β-unsaturated/α-hetero) is 2. The largest absolute Gasteiger partial charge is 0.379 e. The SMILES string of the molecule is CC[C@H](C)[C@@H]([C@@H](CC(=O)N1CCC[C@H]1[C@H](OC)[C@@H](C)C(=O)C[C@H](C)Cc1ccccc1)OC)N(C)C(=O)[C@@H](NC(=O)[C@@H]1[C@H]2CC[C@@H](C2)N1CCCCCCCC(=O)CBr)C(C)C. The molecule has 3 aliphatic rings. The number of piperidine rings is 1. The number of carbonyl (C=O) groups excluding carboxylic acids is 5. The van der Waals surface area contributed by atoms with Crippen molar-refractivity contribution in [1.29, 1.82) is 0 Å². The van der Waals surface area contributed by atoms with E-state index in [9.17, 15) is 24.0 Å². The lowest BCUT2D eigenvalue weighted by Gasteiger charge is -2.41. The number of halogens is 1. The fourth-order valence-corrected chi connectivity index (χ4v) is 11.2. The van der Waals surface area contributed by atoms with Crippen molar-refractivity contribution < 1.29 is 33.4 Å². The summed E-state index contributed by atoms with van der Waals surface area (Å²) in [5, 5.41) is 3.67. The number of ether oxygens (including phenoxy) is 2. The van der Waals surface area contributed by atoms with Crippen LogP contribution in [0.15, 0.2) is 30.3 Å². The van der Waals surface area contributed by atoms with Crippen LogP contribution in [-0.4, -0.2) is 126 Å². The van der Waals surface area contributed by atoms with E-state index in [-0.39, 0.29) is 71.5 Å². The summed E-state index contributed by atoms with van der Waals surface area (Å²) in [6.07, 6.45) is 11.6. The van der Waals surface area contributed by atoms with E-state index >= 15 is 0 Å². The molecule has 2 heterocycles. The average molecular weight is 930 g/mol. The van der Waals surface area contributed by atoms with Crippen molar-refractivity contribution in [3.63, 3.8) is 0 Å². The first-order valence-electron chi connectivity index (χ1n) is 24.0. The fraction of sp³-hybridized carbons (Fsp3) is 0.780. The average Bonchev–Trinajstić information content (AvgIpc) is 4.02. The van der Waals surface area contributed by atoms with Gasteiger partial charge in [-0.2, -0.15) is 0 Å². The molecule has 4 rings (SSSR count). The van der Waals surface area contributed by atoms with E-state index in [1.54, 1.807) is 26.2 Å². The van der Waals surface area contributed by atoms with E-state index in [1.807, 2.05) is 43.9 Å². The molecule has 2 aliphatic heterocycles. The maximum absolute atomic E-state index is 14.6. The lowest BCUT2D eigenvalue weighted by Crippen LogP contribution is -2.60. The second kappa shape index (κ2) is 25.7. The number of likely N-dealkylation sites (tertiary alicyclic amines) is 2. The molecule has 350 valence electrons. The van der Waals surface area contributed by atoms with Crippen LogP contribution in [0.2, 0.25) is 0 Å². The molecule has 12 heteroatoms. The topological polar surface area (TPSA) is 126 Å². The lowest BCUT2D eigenvalue weighted by atomic mass is 9.86. The number of ketones is 2. The highest BCUT2D eigenvalue weighted by Crippen LogP contribution is 2.43. The van der Waals surface area contributed by atoms with Crippen molar-refractivity contribution in [3.05, 3.63) is 35.9 Å². The molecule has 1 aromatic rings. The number of amides is 3. The number of hydrogen-bond donors (Lipinski definition) is 1. The van der Waals surface area contributed by atoms with Crippen molar-refractivity contribution in [2.45, 2.75) is 180 Å².